The molecule has 0 atom stereocenters. The predicted octanol–water partition coefficient (Wildman–Crippen LogP) is 3.32. The lowest BCUT2D eigenvalue weighted by molar-refractivity contribution is -0.0498. The summed E-state index contributed by atoms with van der Waals surface area (Å²) < 4.78 is 34.2. The Hall–Kier alpha value is -3.41. The van der Waals surface area contributed by atoms with Crippen LogP contribution in [0.3, 0.4) is 0 Å². The summed E-state index contributed by atoms with van der Waals surface area (Å²) in [6.45, 7) is -0.321. The number of aromatic nitrogens is 1. The molecule has 2 N–H and O–H groups in total. The highest BCUT2D eigenvalue weighted by molar-refractivity contribution is 5.80. The van der Waals surface area contributed by atoms with Gasteiger partial charge in [-0.25, -0.2) is 9.78 Å². The molecule has 0 radical (unpaired) electrons. The van der Waals surface area contributed by atoms with Crippen molar-refractivity contribution >= 4 is 11.9 Å². The normalized spacial score (nSPS) is 13.0. The van der Waals surface area contributed by atoms with Gasteiger partial charge in [0, 0.05) is 24.1 Å². The van der Waals surface area contributed by atoms with Gasteiger partial charge in [-0.1, -0.05) is 12.1 Å². The fraction of sp³-hybridized carbons (Fsp3) is 0.316. The molecule has 0 saturated carbocycles. The second kappa shape index (κ2) is 8.08. The minimum Gasteiger partial charge on any atom is -0.450 e. The molecule has 0 spiro atoms. The highest BCUT2D eigenvalue weighted by Crippen LogP contribution is 2.36. The van der Waals surface area contributed by atoms with E-state index in [4.69, 9.17) is 10.5 Å². The van der Waals surface area contributed by atoms with E-state index in [0.717, 1.165) is 0 Å². The molecule has 0 saturated heterocycles. The predicted molar refractivity (Wildman–Crippen MR) is 96.6 cm³/mol. The number of pyridine rings is 1. The molecule has 146 valence electrons. The van der Waals surface area contributed by atoms with Crippen LogP contribution in [0.15, 0.2) is 24.3 Å². The third-order valence-corrected chi connectivity index (χ3v) is 4.39. The Bertz CT molecular complexity index is 926. The number of carbonyl (C=O) groups excluding carboxylic acids is 1. The van der Waals surface area contributed by atoms with E-state index in [9.17, 15) is 18.8 Å². The largest absolute Gasteiger partial charge is 0.450 e. The van der Waals surface area contributed by atoms with Gasteiger partial charge in [0.1, 0.15) is 23.2 Å². The third-order valence-electron chi connectivity index (χ3n) is 4.39. The number of fused-ring (bicyclic) bond motifs is 1. The maximum atomic E-state index is 12.4. The van der Waals surface area contributed by atoms with Crippen LogP contribution in [0.25, 0.3) is 11.1 Å². The van der Waals surface area contributed by atoms with Crippen LogP contribution >= 0.6 is 0 Å². The third kappa shape index (κ3) is 3.81. The van der Waals surface area contributed by atoms with E-state index < -0.39 is 12.7 Å². The maximum Gasteiger partial charge on any atom is 0.410 e. The summed E-state index contributed by atoms with van der Waals surface area (Å²) in [6, 6.07) is 7.96. The SMILES string of the molecule is CCOC(=O)N1CCc2nc(N)c(C#N)c(-c3ccc(OC(F)F)cc3)c2C1. The van der Waals surface area contributed by atoms with Crippen molar-refractivity contribution < 1.29 is 23.0 Å². The van der Waals surface area contributed by atoms with E-state index in [-0.39, 0.29) is 30.3 Å². The van der Waals surface area contributed by atoms with Crippen LogP contribution in [0.4, 0.5) is 19.4 Å². The highest BCUT2D eigenvalue weighted by atomic mass is 19.3. The lowest BCUT2D eigenvalue weighted by Gasteiger charge is -2.29. The first-order valence-corrected chi connectivity index (χ1v) is 8.62. The number of nitriles is 1. The van der Waals surface area contributed by atoms with Crippen LogP contribution in [0.2, 0.25) is 0 Å². The quantitative estimate of drug-likeness (QED) is 0.862. The molecule has 28 heavy (non-hydrogen) atoms. The van der Waals surface area contributed by atoms with Crippen molar-refractivity contribution in [3.63, 3.8) is 0 Å². The Morgan fingerprint density at radius 3 is 2.71 bits per heavy atom. The lowest BCUT2D eigenvalue weighted by Crippen LogP contribution is -2.37. The summed E-state index contributed by atoms with van der Waals surface area (Å²) in [5.74, 6) is 0.0926. The van der Waals surface area contributed by atoms with E-state index in [0.29, 0.717) is 35.3 Å². The number of nitrogens with zero attached hydrogens (tertiary/aromatic N) is 3. The standard InChI is InChI=1S/C19H18F2N4O3/c1-2-27-19(26)25-8-7-15-14(10-25)16(13(9-22)17(23)24-15)11-3-5-12(6-4-11)28-18(20)21/h3-6,18H,2,7-8,10H2,1H3,(H2,23,24). The van der Waals surface area contributed by atoms with Crippen LogP contribution in [-0.2, 0) is 17.7 Å². The van der Waals surface area contributed by atoms with Gasteiger partial charge in [0.2, 0.25) is 0 Å². The highest BCUT2D eigenvalue weighted by Gasteiger charge is 2.28. The molecule has 9 heteroatoms. The number of carbonyl (C=O) groups is 1. The molecule has 0 aliphatic carbocycles. The summed E-state index contributed by atoms with van der Waals surface area (Å²) in [5.41, 5.74) is 8.65. The summed E-state index contributed by atoms with van der Waals surface area (Å²) in [4.78, 5) is 18.0. The van der Waals surface area contributed by atoms with Gasteiger partial charge in [-0.2, -0.15) is 14.0 Å². The molecule has 1 aliphatic heterocycles. The number of alkyl halides is 2. The average molecular weight is 388 g/mol. The van der Waals surface area contributed by atoms with Gasteiger partial charge >= 0.3 is 12.7 Å². The van der Waals surface area contributed by atoms with E-state index in [2.05, 4.69) is 15.8 Å². The second-order valence-corrected chi connectivity index (χ2v) is 6.06. The van der Waals surface area contributed by atoms with Crippen molar-refractivity contribution in [2.24, 2.45) is 0 Å². The first-order valence-electron chi connectivity index (χ1n) is 8.62. The number of nitrogens with two attached hydrogens (primary N) is 1. The average Bonchev–Trinajstić information content (AvgIpc) is 2.67. The minimum absolute atomic E-state index is 0.00121. The van der Waals surface area contributed by atoms with Crippen molar-refractivity contribution in [2.45, 2.75) is 26.5 Å². The molecular formula is C19H18F2N4O3. The van der Waals surface area contributed by atoms with Gasteiger partial charge in [0.25, 0.3) is 0 Å². The number of halogens is 2. The van der Waals surface area contributed by atoms with Crippen molar-refractivity contribution in [3.05, 3.63) is 41.1 Å². The van der Waals surface area contributed by atoms with Crippen molar-refractivity contribution in [2.75, 3.05) is 18.9 Å². The van der Waals surface area contributed by atoms with Crippen LogP contribution in [-0.4, -0.2) is 35.7 Å². The summed E-state index contributed by atoms with van der Waals surface area (Å²) in [5, 5.41) is 9.60. The molecule has 0 unspecified atom stereocenters. The van der Waals surface area contributed by atoms with Crippen molar-refractivity contribution in [1.29, 1.82) is 5.26 Å². The van der Waals surface area contributed by atoms with Crippen molar-refractivity contribution in [1.82, 2.24) is 9.88 Å². The molecule has 2 aromatic rings. The molecule has 0 bridgehead atoms. The van der Waals surface area contributed by atoms with Crippen molar-refractivity contribution in [3.8, 4) is 22.9 Å². The zero-order chi connectivity index (χ0) is 20.3. The van der Waals surface area contributed by atoms with Crippen LogP contribution in [0.1, 0.15) is 23.7 Å². The molecule has 1 aromatic heterocycles. The topological polar surface area (TPSA) is 101 Å². The summed E-state index contributed by atoms with van der Waals surface area (Å²) in [6.07, 6.45) is 0.0130. The molecule has 2 heterocycles. The molecule has 1 aromatic carbocycles. The first kappa shape index (κ1) is 19.4. The van der Waals surface area contributed by atoms with E-state index in [1.165, 1.54) is 17.0 Å². The molecule has 1 aliphatic rings. The Balaban J connectivity index is 2.06. The number of anilines is 1. The van der Waals surface area contributed by atoms with E-state index >= 15 is 0 Å². The van der Waals surface area contributed by atoms with Crippen LogP contribution in [0, 0.1) is 11.3 Å². The van der Waals surface area contributed by atoms with Gasteiger partial charge < -0.3 is 20.1 Å². The second-order valence-electron chi connectivity index (χ2n) is 6.06. The summed E-state index contributed by atoms with van der Waals surface area (Å²) >= 11 is 0. The number of amides is 1. The van der Waals surface area contributed by atoms with E-state index in [1.54, 1.807) is 19.1 Å². The molecule has 3 rings (SSSR count). The fourth-order valence-electron chi connectivity index (χ4n) is 3.19. The Kier molecular flexibility index (Phi) is 5.59. The Labute approximate surface area is 160 Å². The molecule has 7 nitrogen and oxygen atoms in total. The summed E-state index contributed by atoms with van der Waals surface area (Å²) in [7, 11) is 0. The Morgan fingerprint density at radius 2 is 2.11 bits per heavy atom. The van der Waals surface area contributed by atoms with Gasteiger partial charge in [0.05, 0.1) is 18.8 Å². The zero-order valence-corrected chi connectivity index (χ0v) is 15.1. The number of hydrogen-bond donors (Lipinski definition) is 1. The number of nitrogen functional groups attached to an aromatic ring is 1. The number of ether oxygens (including phenoxy) is 2. The zero-order valence-electron chi connectivity index (χ0n) is 15.1. The monoisotopic (exact) mass is 388 g/mol. The molecule has 1 amide bonds. The minimum atomic E-state index is -2.93. The number of rotatable bonds is 4. The Morgan fingerprint density at radius 1 is 1.39 bits per heavy atom. The maximum absolute atomic E-state index is 12.4. The molecular weight excluding hydrogens is 370 g/mol. The number of hydrogen-bond acceptors (Lipinski definition) is 6. The van der Waals surface area contributed by atoms with Crippen LogP contribution < -0.4 is 10.5 Å². The number of benzene rings is 1. The van der Waals surface area contributed by atoms with Gasteiger partial charge in [-0.3, -0.25) is 0 Å². The molecule has 0 fully saturated rings. The van der Waals surface area contributed by atoms with E-state index in [1.807, 2.05) is 0 Å². The smallest absolute Gasteiger partial charge is 0.410 e. The fourth-order valence-corrected chi connectivity index (χ4v) is 3.19. The van der Waals surface area contributed by atoms with Gasteiger partial charge in [0.15, 0.2) is 0 Å². The lowest BCUT2D eigenvalue weighted by atomic mass is 9.91. The van der Waals surface area contributed by atoms with Gasteiger partial charge in [-0.15, -0.1) is 0 Å². The first-order chi connectivity index (χ1) is 13.4. The van der Waals surface area contributed by atoms with Gasteiger partial charge in [-0.05, 0) is 24.6 Å². The van der Waals surface area contributed by atoms with Crippen LogP contribution in [0.5, 0.6) is 5.75 Å².